The first-order valence-electron chi connectivity index (χ1n) is 0.667. The van der Waals surface area contributed by atoms with Crippen LogP contribution in [0.2, 0.25) is 0 Å². The van der Waals surface area contributed by atoms with E-state index in [4.69, 9.17) is 17.5 Å². The van der Waals surface area contributed by atoms with Crippen molar-refractivity contribution in [3.05, 3.63) is 0 Å². The van der Waals surface area contributed by atoms with Crippen LogP contribution in [-0.4, -0.2) is 41.4 Å². The van der Waals surface area contributed by atoms with E-state index in [1.54, 1.807) is 0 Å². The molecular weight excluding hydrogens is 231 g/mol. The molecule has 7 heavy (non-hydrogen) atoms. The van der Waals surface area contributed by atoms with Gasteiger partial charge in [-0.2, -0.15) is 0 Å². The molecule has 40 valence electrons. The Morgan fingerprint density at radius 1 is 1.14 bits per heavy atom. The predicted molar refractivity (Wildman–Crippen MR) is 16.9 cm³/mol. The molecule has 5 nitrogen and oxygen atoms in total. The minimum Gasteiger partial charge on any atom is -2.00 e. The molecule has 0 heterocycles. The van der Waals surface area contributed by atoms with Gasteiger partial charge in [-0.05, 0) is 0 Å². The van der Waals surface area contributed by atoms with Gasteiger partial charge in [0.1, 0.15) is 0 Å². The maximum absolute atomic E-state index is 8.52. The van der Waals surface area contributed by atoms with Crippen LogP contribution in [0.1, 0.15) is 0 Å². The van der Waals surface area contributed by atoms with Crippen LogP contribution < -0.4 is 0 Å². The largest absolute Gasteiger partial charge is 4.00 e. The minimum absolute atomic E-state index is 0. The molecule has 0 amide bonds. The van der Waals surface area contributed by atoms with Crippen molar-refractivity contribution in [3.8, 4) is 0 Å². The molecular formula is O5SSn. The molecule has 0 unspecified atom stereocenters. The van der Waals surface area contributed by atoms with E-state index in [-0.39, 0.29) is 29.4 Å². The van der Waals surface area contributed by atoms with E-state index in [2.05, 4.69) is 0 Å². The van der Waals surface area contributed by atoms with Crippen LogP contribution in [0.5, 0.6) is 0 Å². The van der Waals surface area contributed by atoms with Gasteiger partial charge in [-0.1, -0.05) is 0 Å². The van der Waals surface area contributed by atoms with Crippen LogP contribution >= 0.6 is 0 Å². The van der Waals surface area contributed by atoms with Gasteiger partial charge < -0.3 is 14.6 Å². The van der Waals surface area contributed by atoms with Crippen molar-refractivity contribution in [2.24, 2.45) is 0 Å². The Kier molecular flexibility index (Phi) is 10.7. The van der Waals surface area contributed by atoms with Crippen molar-refractivity contribution < 1.29 is 23.0 Å². The van der Waals surface area contributed by atoms with Crippen LogP contribution in [-0.2, 0) is 15.9 Å². The van der Waals surface area contributed by atoms with Crippen LogP contribution in [0.4, 0.5) is 0 Å². The van der Waals surface area contributed by atoms with Crippen molar-refractivity contribution in [1.29, 1.82) is 0 Å². The topological polar surface area (TPSA) is 109 Å². The van der Waals surface area contributed by atoms with Crippen molar-refractivity contribution in [2.75, 3.05) is 0 Å². The van der Waals surface area contributed by atoms with Crippen molar-refractivity contribution >= 4 is 34.3 Å². The Bertz CT molecular complexity index is 91.2. The van der Waals surface area contributed by atoms with Crippen LogP contribution in [0.25, 0.3) is 0 Å². The number of hydrogen-bond acceptors (Lipinski definition) is 4. The number of rotatable bonds is 0. The van der Waals surface area contributed by atoms with Crippen LogP contribution in [0, 0.1) is 0 Å². The molecule has 0 atom stereocenters. The van der Waals surface area contributed by atoms with E-state index in [1.807, 2.05) is 0 Å². The fourth-order valence-corrected chi connectivity index (χ4v) is 0. The van der Waals surface area contributed by atoms with E-state index < -0.39 is 10.4 Å². The summed E-state index contributed by atoms with van der Waals surface area (Å²) in [6.07, 6.45) is 0. The molecule has 0 aromatic carbocycles. The first-order chi connectivity index (χ1) is 2.00. The van der Waals surface area contributed by atoms with Crippen LogP contribution in [0.3, 0.4) is 0 Å². The third-order valence-corrected chi connectivity index (χ3v) is 0. The van der Waals surface area contributed by atoms with E-state index in [1.165, 1.54) is 0 Å². The van der Waals surface area contributed by atoms with Crippen molar-refractivity contribution in [1.82, 2.24) is 0 Å². The van der Waals surface area contributed by atoms with Gasteiger partial charge in [-0.15, -0.1) is 0 Å². The molecule has 0 aromatic rings. The monoisotopic (exact) mass is 232 g/mol. The normalized spacial score (nSPS) is 8.29. The second-order valence-electron chi connectivity index (χ2n) is 0.408. The summed E-state index contributed by atoms with van der Waals surface area (Å²) in [6, 6.07) is 0. The summed E-state index contributed by atoms with van der Waals surface area (Å²) in [6.45, 7) is 0. The third kappa shape index (κ3) is 359. The Morgan fingerprint density at radius 3 is 1.14 bits per heavy atom. The molecule has 0 aliphatic heterocycles. The predicted octanol–water partition coefficient (Wildman–Crippen LogP) is -1.84. The van der Waals surface area contributed by atoms with Gasteiger partial charge in [0, 0.05) is 10.4 Å². The Labute approximate surface area is 57.6 Å². The summed E-state index contributed by atoms with van der Waals surface area (Å²) in [7, 11) is -5.17. The summed E-state index contributed by atoms with van der Waals surface area (Å²) in [5.41, 5.74) is 0. The quantitative estimate of drug-likeness (QED) is 0.277. The van der Waals surface area contributed by atoms with E-state index in [0.717, 1.165) is 0 Å². The first kappa shape index (κ1) is 15.6. The minimum atomic E-state index is -5.17. The van der Waals surface area contributed by atoms with Gasteiger partial charge in [-0.25, -0.2) is 0 Å². The SMILES string of the molecule is O=S(=O)([O-])[O-].[O-2].[Sn+4]. The van der Waals surface area contributed by atoms with Gasteiger partial charge in [0.25, 0.3) is 0 Å². The number of hydrogen-bond donors (Lipinski definition) is 0. The summed E-state index contributed by atoms with van der Waals surface area (Å²) >= 11 is 0. The Hall–Kier alpha value is 0.629. The molecule has 0 aliphatic rings. The fourth-order valence-electron chi connectivity index (χ4n) is 0. The average Bonchev–Trinajstić information content (AvgIpc) is 0.722. The molecule has 0 bridgehead atoms. The van der Waals surface area contributed by atoms with Gasteiger partial charge >= 0.3 is 23.9 Å². The van der Waals surface area contributed by atoms with Gasteiger partial charge in [0.15, 0.2) is 0 Å². The first-order valence-corrected chi connectivity index (χ1v) is 2.00. The summed E-state index contributed by atoms with van der Waals surface area (Å²) in [4.78, 5) is 0. The van der Waals surface area contributed by atoms with Gasteiger partial charge in [-0.3, -0.25) is 8.42 Å². The molecule has 0 spiro atoms. The zero-order valence-electron chi connectivity index (χ0n) is 2.95. The molecule has 0 aliphatic carbocycles. The summed E-state index contributed by atoms with van der Waals surface area (Å²) in [5.74, 6) is 0. The van der Waals surface area contributed by atoms with Crippen molar-refractivity contribution in [3.63, 3.8) is 0 Å². The van der Waals surface area contributed by atoms with Crippen molar-refractivity contribution in [2.45, 2.75) is 0 Å². The van der Waals surface area contributed by atoms with Gasteiger partial charge in [0.2, 0.25) is 0 Å². The third-order valence-electron chi connectivity index (χ3n) is 0. The maximum atomic E-state index is 8.52. The molecule has 0 rings (SSSR count). The molecule has 7 heteroatoms. The van der Waals surface area contributed by atoms with Crippen LogP contribution in [0.15, 0.2) is 0 Å². The fraction of sp³-hybridized carbons (Fsp3) is 0. The molecule has 0 N–H and O–H groups in total. The second-order valence-corrected chi connectivity index (χ2v) is 1.22. The standard InChI is InChI=1S/H2O4S.O.Sn/c1-5(2,3)4;;/h(H2,1,2,3,4);;/q;-2;+4/p-2. The van der Waals surface area contributed by atoms with Gasteiger partial charge in [0.05, 0.1) is 0 Å². The zero-order chi connectivity index (χ0) is 4.50. The summed E-state index contributed by atoms with van der Waals surface area (Å²) < 4.78 is 34.1. The van der Waals surface area contributed by atoms with E-state index in [0.29, 0.717) is 0 Å². The molecule has 0 saturated carbocycles. The molecule has 0 aromatic heterocycles. The van der Waals surface area contributed by atoms with E-state index in [9.17, 15) is 0 Å². The molecule has 0 radical (unpaired) electrons. The summed E-state index contributed by atoms with van der Waals surface area (Å²) in [5, 5.41) is 0. The Morgan fingerprint density at radius 2 is 1.14 bits per heavy atom. The maximum Gasteiger partial charge on any atom is 4.00 e. The average molecular weight is 231 g/mol. The molecule has 0 saturated heterocycles. The molecule has 0 fully saturated rings. The Balaban J connectivity index is -0.0000000800. The van der Waals surface area contributed by atoms with E-state index >= 15 is 0 Å². The second kappa shape index (κ2) is 4.78. The zero-order valence-corrected chi connectivity index (χ0v) is 6.62. The smallest absolute Gasteiger partial charge is 2.00 e.